The Hall–Kier alpha value is -1.84. The predicted molar refractivity (Wildman–Crippen MR) is 101 cm³/mol. The second kappa shape index (κ2) is 6.96. The molecule has 1 aliphatic rings. The molecule has 1 amide bonds. The zero-order valence-electron chi connectivity index (χ0n) is 13.6. The largest absolute Gasteiger partial charge is 0.306 e. The summed E-state index contributed by atoms with van der Waals surface area (Å²) in [5.41, 5.74) is 2.78. The molecule has 124 valence electrons. The van der Waals surface area contributed by atoms with E-state index in [1.54, 1.807) is 23.1 Å². The van der Waals surface area contributed by atoms with Crippen LogP contribution in [0.2, 0.25) is 10.0 Å². The van der Waals surface area contributed by atoms with Gasteiger partial charge in [0.25, 0.3) is 5.91 Å². The third-order valence-corrected chi connectivity index (χ3v) is 4.35. The molecule has 3 rings (SSSR count). The lowest BCUT2D eigenvalue weighted by atomic mass is 10.1. The van der Waals surface area contributed by atoms with Crippen molar-refractivity contribution in [3.8, 4) is 0 Å². The van der Waals surface area contributed by atoms with E-state index in [9.17, 15) is 4.79 Å². The summed E-state index contributed by atoms with van der Waals surface area (Å²) in [6.07, 6.45) is 0.941. The van der Waals surface area contributed by atoms with Crippen LogP contribution in [0.4, 0.5) is 11.4 Å². The normalized spacial score (nSPS) is 15.5. The van der Waals surface area contributed by atoms with Gasteiger partial charge >= 0.3 is 0 Å². The van der Waals surface area contributed by atoms with Gasteiger partial charge in [0, 0.05) is 22.2 Å². The van der Waals surface area contributed by atoms with Crippen LogP contribution in [-0.2, 0) is 4.79 Å². The number of hydrogen-bond acceptors (Lipinski definition) is 2. The predicted octanol–water partition coefficient (Wildman–Crippen LogP) is 5.51. The molecule has 0 saturated heterocycles. The van der Waals surface area contributed by atoms with Crippen molar-refractivity contribution < 1.29 is 4.79 Å². The maximum atomic E-state index is 12.9. The Morgan fingerprint density at radius 2 is 1.75 bits per heavy atom. The number of fused-ring (bicyclic) bond motifs is 1. The molecule has 3 nitrogen and oxygen atoms in total. The van der Waals surface area contributed by atoms with E-state index >= 15 is 0 Å². The van der Waals surface area contributed by atoms with Gasteiger partial charge in [0.05, 0.1) is 11.4 Å². The summed E-state index contributed by atoms with van der Waals surface area (Å²) in [6, 6.07) is 12.8. The van der Waals surface area contributed by atoms with Crippen LogP contribution in [-0.4, -0.2) is 18.2 Å². The lowest BCUT2D eigenvalue weighted by Crippen LogP contribution is -2.31. The number of carbonyl (C=O) groups is 1. The minimum atomic E-state index is -0.0760. The Kier molecular flexibility index (Phi) is 4.93. The van der Waals surface area contributed by atoms with Gasteiger partial charge < -0.3 is 4.90 Å². The minimum Gasteiger partial charge on any atom is -0.306 e. The first kappa shape index (κ1) is 17.0. The SMILES string of the molecule is CC(C)CCN1C(=O)C(=Nc2cc(Cl)cc(Cl)c2)c2ccccc21. The number of nitrogens with zero attached hydrogens (tertiary/aromatic N) is 2. The quantitative estimate of drug-likeness (QED) is 0.707. The van der Waals surface area contributed by atoms with Crippen molar-refractivity contribution in [2.24, 2.45) is 10.9 Å². The first-order valence-corrected chi connectivity index (χ1v) is 8.67. The number of rotatable bonds is 4. The summed E-state index contributed by atoms with van der Waals surface area (Å²) in [7, 11) is 0. The molecule has 0 radical (unpaired) electrons. The Morgan fingerprint density at radius 1 is 1.08 bits per heavy atom. The molecule has 0 aliphatic carbocycles. The lowest BCUT2D eigenvalue weighted by molar-refractivity contribution is -0.112. The van der Waals surface area contributed by atoms with Gasteiger partial charge in [-0.2, -0.15) is 0 Å². The maximum Gasteiger partial charge on any atom is 0.277 e. The summed E-state index contributed by atoms with van der Waals surface area (Å²) in [6.45, 7) is 4.98. The van der Waals surface area contributed by atoms with Crippen LogP contribution >= 0.6 is 23.2 Å². The van der Waals surface area contributed by atoms with Gasteiger partial charge in [0.1, 0.15) is 5.71 Å². The third kappa shape index (κ3) is 3.47. The molecule has 5 heteroatoms. The van der Waals surface area contributed by atoms with Crippen molar-refractivity contribution in [1.29, 1.82) is 0 Å². The van der Waals surface area contributed by atoms with Crippen LogP contribution < -0.4 is 4.90 Å². The number of anilines is 1. The fourth-order valence-electron chi connectivity index (χ4n) is 2.71. The highest BCUT2D eigenvalue weighted by Crippen LogP contribution is 2.32. The van der Waals surface area contributed by atoms with E-state index in [-0.39, 0.29) is 5.91 Å². The van der Waals surface area contributed by atoms with Crippen molar-refractivity contribution in [3.05, 3.63) is 58.1 Å². The van der Waals surface area contributed by atoms with Gasteiger partial charge in [-0.1, -0.05) is 55.2 Å². The molecular formula is C19H18Cl2N2O. The number of benzene rings is 2. The van der Waals surface area contributed by atoms with Gasteiger partial charge in [0.2, 0.25) is 0 Å². The van der Waals surface area contributed by atoms with Crippen molar-refractivity contribution in [1.82, 2.24) is 0 Å². The van der Waals surface area contributed by atoms with Crippen molar-refractivity contribution in [3.63, 3.8) is 0 Å². The van der Waals surface area contributed by atoms with Crippen LogP contribution in [0.1, 0.15) is 25.8 Å². The zero-order valence-corrected chi connectivity index (χ0v) is 15.1. The van der Waals surface area contributed by atoms with Crippen molar-refractivity contribution in [2.45, 2.75) is 20.3 Å². The second-order valence-corrected chi connectivity index (χ2v) is 7.12. The molecule has 0 unspecified atom stereocenters. The molecular weight excluding hydrogens is 343 g/mol. The van der Waals surface area contributed by atoms with E-state index in [0.717, 1.165) is 17.7 Å². The van der Waals surface area contributed by atoms with Gasteiger partial charge in [-0.15, -0.1) is 0 Å². The molecule has 0 atom stereocenters. The molecule has 24 heavy (non-hydrogen) atoms. The Bertz CT molecular complexity index is 795. The Morgan fingerprint density at radius 3 is 2.42 bits per heavy atom. The lowest BCUT2D eigenvalue weighted by Gasteiger charge is -2.17. The van der Waals surface area contributed by atoms with E-state index in [1.165, 1.54) is 0 Å². The molecule has 0 bridgehead atoms. The van der Waals surface area contributed by atoms with Crippen LogP contribution in [0.5, 0.6) is 0 Å². The molecule has 1 aliphatic heterocycles. The van der Waals surface area contributed by atoms with Gasteiger partial charge in [-0.05, 0) is 36.6 Å². The topological polar surface area (TPSA) is 32.7 Å². The Labute approximate surface area is 151 Å². The maximum absolute atomic E-state index is 12.9. The number of amides is 1. The fourth-order valence-corrected chi connectivity index (χ4v) is 3.23. The van der Waals surface area contributed by atoms with E-state index < -0.39 is 0 Å². The third-order valence-electron chi connectivity index (χ3n) is 3.92. The number of para-hydroxylation sites is 1. The molecule has 2 aromatic carbocycles. The second-order valence-electron chi connectivity index (χ2n) is 6.24. The summed E-state index contributed by atoms with van der Waals surface area (Å²) < 4.78 is 0. The average Bonchev–Trinajstić information content (AvgIpc) is 2.77. The van der Waals surface area contributed by atoms with Gasteiger partial charge in [0.15, 0.2) is 0 Å². The van der Waals surface area contributed by atoms with Crippen LogP contribution in [0, 0.1) is 5.92 Å². The first-order valence-electron chi connectivity index (χ1n) is 7.92. The number of hydrogen-bond donors (Lipinski definition) is 0. The highest BCUT2D eigenvalue weighted by atomic mass is 35.5. The van der Waals surface area contributed by atoms with Gasteiger partial charge in [-0.25, -0.2) is 4.99 Å². The van der Waals surface area contributed by atoms with E-state index in [2.05, 4.69) is 18.8 Å². The molecule has 0 saturated carbocycles. The Balaban J connectivity index is 2.02. The minimum absolute atomic E-state index is 0.0760. The summed E-state index contributed by atoms with van der Waals surface area (Å²) >= 11 is 12.1. The van der Waals surface area contributed by atoms with Crippen molar-refractivity contribution >= 4 is 46.2 Å². The van der Waals surface area contributed by atoms with Crippen molar-refractivity contribution in [2.75, 3.05) is 11.4 Å². The first-order chi connectivity index (χ1) is 11.5. The zero-order chi connectivity index (χ0) is 17.3. The molecule has 0 spiro atoms. The van der Waals surface area contributed by atoms with Crippen LogP contribution in [0.25, 0.3) is 0 Å². The summed E-state index contributed by atoms with van der Waals surface area (Å²) in [4.78, 5) is 19.2. The monoisotopic (exact) mass is 360 g/mol. The highest BCUT2D eigenvalue weighted by Gasteiger charge is 2.33. The van der Waals surface area contributed by atoms with E-state index in [4.69, 9.17) is 23.2 Å². The van der Waals surface area contributed by atoms with Crippen LogP contribution in [0.15, 0.2) is 47.5 Å². The summed E-state index contributed by atoms with van der Waals surface area (Å²) in [5, 5.41) is 0.995. The fraction of sp³-hybridized carbons (Fsp3) is 0.263. The standard InChI is InChI=1S/C19H18Cl2N2O/c1-12(2)7-8-23-17-6-4-3-5-16(17)18(19(23)24)22-15-10-13(20)9-14(21)11-15/h3-6,9-12H,7-8H2,1-2H3. The average molecular weight is 361 g/mol. The highest BCUT2D eigenvalue weighted by molar-refractivity contribution is 6.54. The van der Waals surface area contributed by atoms with Gasteiger partial charge in [-0.3, -0.25) is 4.79 Å². The van der Waals surface area contributed by atoms with E-state index in [0.29, 0.717) is 33.9 Å². The summed E-state index contributed by atoms with van der Waals surface area (Å²) in [5.74, 6) is 0.450. The molecule has 0 aromatic heterocycles. The molecule has 2 aromatic rings. The number of halogens is 2. The number of carbonyl (C=O) groups excluding carboxylic acids is 1. The van der Waals surface area contributed by atoms with Crippen LogP contribution in [0.3, 0.4) is 0 Å². The number of aliphatic imine (C=N–C) groups is 1. The molecule has 1 heterocycles. The molecule has 0 N–H and O–H groups in total. The molecule has 0 fully saturated rings. The smallest absolute Gasteiger partial charge is 0.277 e. The van der Waals surface area contributed by atoms with E-state index in [1.807, 2.05) is 24.3 Å².